The van der Waals surface area contributed by atoms with Gasteiger partial charge in [-0.05, 0) is 41.0 Å². The van der Waals surface area contributed by atoms with E-state index in [2.05, 4.69) is 16.7 Å². The number of nitriles is 2. The Morgan fingerprint density at radius 1 is 1.30 bits per heavy atom. The van der Waals surface area contributed by atoms with Crippen molar-refractivity contribution in [2.75, 3.05) is 19.7 Å². The van der Waals surface area contributed by atoms with Crippen LogP contribution in [0.15, 0.2) is 30.3 Å². The lowest BCUT2D eigenvalue weighted by Gasteiger charge is -2.24. The molecule has 0 radical (unpaired) electrons. The highest BCUT2D eigenvalue weighted by Gasteiger charge is 2.26. The van der Waals surface area contributed by atoms with Gasteiger partial charge in [-0.15, -0.1) is 0 Å². The SMILES string of the molecule is N#Cc1ccc2c(c1)COc1cc(C[C@@H](C#N)NC(=O)[C@@H]3CNCCO3)c(F)cc1-2. The second-order valence-electron chi connectivity index (χ2n) is 7.17. The lowest BCUT2D eigenvalue weighted by atomic mass is 9.93. The van der Waals surface area contributed by atoms with Crippen molar-refractivity contribution in [3.63, 3.8) is 0 Å². The van der Waals surface area contributed by atoms with Crippen LogP contribution in [0.4, 0.5) is 4.39 Å². The molecular weight excluding hydrogens is 387 g/mol. The van der Waals surface area contributed by atoms with Gasteiger partial charge in [-0.2, -0.15) is 10.5 Å². The number of carbonyl (C=O) groups excluding carboxylic acids is 1. The summed E-state index contributed by atoms with van der Waals surface area (Å²) in [6.07, 6.45) is -0.661. The van der Waals surface area contributed by atoms with E-state index in [1.807, 2.05) is 6.07 Å². The van der Waals surface area contributed by atoms with Crippen molar-refractivity contribution in [1.29, 1.82) is 10.5 Å². The average molecular weight is 406 g/mol. The lowest BCUT2D eigenvalue weighted by molar-refractivity contribution is -0.134. The number of hydrogen-bond acceptors (Lipinski definition) is 6. The summed E-state index contributed by atoms with van der Waals surface area (Å²) in [4.78, 5) is 12.3. The number of ether oxygens (including phenoxy) is 2. The Morgan fingerprint density at radius 2 is 2.17 bits per heavy atom. The molecule has 2 aromatic carbocycles. The van der Waals surface area contributed by atoms with Gasteiger partial charge in [-0.25, -0.2) is 4.39 Å². The molecule has 2 heterocycles. The molecular formula is C22H19FN4O3. The van der Waals surface area contributed by atoms with Crippen LogP contribution in [0.1, 0.15) is 16.7 Å². The van der Waals surface area contributed by atoms with Gasteiger partial charge in [0.05, 0.1) is 24.3 Å². The fourth-order valence-corrected chi connectivity index (χ4v) is 3.63. The fraction of sp³-hybridized carbons (Fsp3) is 0.318. The Kier molecular flexibility index (Phi) is 5.62. The Morgan fingerprint density at radius 3 is 2.90 bits per heavy atom. The van der Waals surface area contributed by atoms with Crippen LogP contribution in [0.5, 0.6) is 5.75 Å². The molecule has 2 aliphatic rings. The molecule has 0 bridgehead atoms. The van der Waals surface area contributed by atoms with Crippen LogP contribution in [0.2, 0.25) is 0 Å². The van der Waals surface area contributed by atoms with Gasteiger partial charge < -0.3 is 20.1 Å². The summed E-state index contributed by atoms with van der Waals surface area (Å²) >= 11 is 0. The van der Waals surface area contributed by atoms with E-state index < -0.39 is 23.9 Å². The highest BCUT2D eigenvalue weighted by Crippen LogP contribution is 2.39. The maximum absolute atomic E-state index is 14.8. The van der Waals surface area contributed by atoms with E-state index >= 15 is 0 Å². The van der Waals surface area contributed by atoms with Gasteiger partial charge in [0, 0.05) is 25.1 Å². The van der Waals surface area contributed by atoms with Crippen LogP contribution in [-0.4, -0.2) is 37.7 Å². The number of hydrogen-bond donors (Lipinski definition) is 2. The van der Waals surface area contributed by atoms with Crippen LogP contribution in [-0.2, 0) is 22.6 Å². The number of halogens is 1. The molecule has 4 rings (SSSR count). The number of fused-ring (bicyclic) bond motifs is 3. The topological polar surface area (TPSA) is 107 Å². The summed E-state index contributed by atoms with van der Waals surface area (Å²) in [6, 6.07) is 11.3. The van der Waals surface area contributed by atoms with E-state index in [1.54, 1.807) is 24.3 Å². The molecule has 1 saturated heterocycles. The van der Waals surface area contributed by atoms with E-state index in [0.29, 0.717) is 36.6 Å². The summed E-state index contributed by atoms with van der Waals surface area (Å²) in [5, 5.41) is 24.2. The van der Waals surface area contributed by atoms with Crippen molar-refractivity contribution in [3.05, 3.63) is 52.8 Å². The van der Waals surface area contributed by atoms with E-state index in [1.165, 1.54) is 6.07 Å². The molecule has 2 aromatic rings. The monoisotopic (exact) mass is 406 g/mol. The van der Waals surface area contributed by atoms with Gasteiger partial charge in [-0.1, -0.05) is 6.07 Å². The Labute approximate surface area is 173 Å². The van der Waals surface area contributed by atoms with E-state index in [9.17, 15) is 14.4 Å². The molecule has 8 heteroatoms. The number of morpholine rings is 1. The molecule has 2 aliphatic heterocycles. The zero-order valence-electron chi connectivity index (χ0n) is 16.1. The minimum atomic E-state index is -0.898. The van der Waals surface area contributed by atoms with Gasteiger partial charge in [0.1, 0.15) is 30.3 Å². The van der Waals surface area contributed by atoms with Gasteiger partial charge in [0.15, 0.2) is 0 Å². The molecule has 0 aromatic heterocycles. The lowest BCUT2D eigenvalue weighted by Crippen LogP contribution is -2.50. The summed E-state index contributed by atoms with van der Waals surface area (Å²) in [7, 11) is 0. The summed E-state index contributed by atoms with van der Waals surface area (Å²) in [5.41, 5.74) is 3.02. The molecule has 30 heavy (non-hydrogen) atoms. The Balaban J connectivity index is 1.53. The molecule has 1 amide bonds. The highest BCUT2D eigenvalue weighted by atomic mass is 19.1. The van der Waals surface area contributed by atoms with Crippen molar-refractivity contribution in [2.45, 2.75) is 25.2 Å². The predicted octanol–water partition coefficient (Wildman–Crippen LogP) is 1.80. The largest absolute Gasteiger partial charge is 0.488 e. The average Bonchev–Trinajstić information content (AvgIpc) is 2.79. The minimum Gasteiger partial charge on any atom is -0.488 e. The molecule has 152 valence electrons. The standard InChI is InChI=1S/C22H19FN4O3/c23-19-8-18-17-2-1-13(9-24)5-15(17)12-30-20(18)7-14(19)6-16(10-25)27-22(28)21-11-26-3-4-29-21/h1-2,5,7-8,16,21,26H,3-4,6,11-12H2,(H,27,28)/t16-,21-/m0/s1. The van der Waals surface area contributed by atoms with Gasteiger partial charge in [0.2, 0.25) is 0 Å². The third-order valence-electron chi connectivity index (χ3n) is 5.17. The minimum absolute atomic E-state index is 0.00505. The summed E-state index contributed by atoms with van der Waals surface area (Å²) < 4.78 is 26.0. The number of rotatable bonds is 4. The van der Waals surface area contributed by atoms with Crippen molar-refractivity contribution in [1.82, 2.24) is 10.6 Å². The second-order valence-corrected chi connectivity index (χ2v) is 7.17. The van der Waals surface area contributed by atoms with E-state index in [-0.39, 0.29) is 18.6 Å². The molecule has 2 atom stereocenters. The molecule has 7 nitrogen and oxygen atoms in total. The number of nitrogens with zero attached hydrogens (tertiary/aromatic N) is 2. The third kappa shape index (κ3) is 3.97. The van der Waals surface area contributed by atoms with Crippen LogP contribution >= 0.6 is 0 Å². The first-order chi connectivity index (χ1) is 14.6. The van der Waals surface area contributed by atoms with Gasteiger partial charge in [-0.3, -0.25) is 4.79 Å². The maximum Gasteiger partial charge on any atom is 0.251 e. The molecule has 0 spiro atoms. The molecule has 0 aliphatic carbocycles. The summed E-state index contributed by atoms with van der Waals surface area (Å²) in [6.45, 7) is 1.74. The molecule has 1 fully saturated rings. The zero-order valence-corrected chi connectivity index (χ0v) is 16.1. The Hall–Kier alpha value is -3.46. The van der Waals surface area contributed by atoms with Gasteiger partial charge >= 0.3 is 0 Å². The highest BCUT2D eigenvalue weighted by molar-refractivity contribution is 5.82. The first kappa shape index (κ1) is 19.8. The number of nitrogens with one attached hydrogen (secondary N) is 2. The van der Waals surface area contributed by atoms with Gasteiger partial charge in [0.25, 0.3) is 5.91 Å². The molecule has 2 N–H and O–H groups in total. The molecule has 0 saturated carbocycles. The van der Waals surface area contributed by atoms with Crippen LogP contribution in [0.25, 0.3) is 11.1 Å². The van der Waals surface area contributed by atoms with Crippen molar-refractivity contribution in [3.8, 4) is 29.0 Å². The van der Waals surface area contributed by atoms with Crippen LogP contribution in [0.3, 0.4) is 0 Å². The normalized spacial score (nSPS) is 18.0. The van der Waals surface area contributed by atoms with Crippen LogP contribution in [0, 0.1) is 28.5 Å². The quantitative estimate of drug-likeness (QED) is 0.802. The summed E-state index contributed by atoms with van der Waals surface area (Å²) in [5.74, 6) is -0.378. The smallest absolute Gasteiger partial charge is 0.251 e. The van der Waals surface area contributed by atoms with Crippen LogP contribution < -0.4 is 15.4 Å². The number of amides is 1. The first-order valence-corrected chi connectivity index (χ1v) is 9.60. The number of benzene rings is 2. The molecule has 0 unspecified atom stereocenters. The van der Waals surface area contributed by atoms with E-state index in [4.69, 9.17) is 14.7 Å². The van der Waals surface area contributed by atoms with Crippen molar-refractivity contribution >= 4 is 5.91 Å². The number of carbonyl (C=O) groups is 1. The second kappa shape index (κ2) is 8.50. The predicted molar refractivity (Wildman–Crippen MR) is 105 cm³/mol. The Bertz CT molecular complexity index is 1070. The third-order valence-corrected chi connectivity index (χ3v) is 5.17. The fourth-order valence-electron chi connectivity index (χ4n) is 3.63. The van der Waals surface area contributed by atoms with E-state index in [0.717, 1.165) is 11.1 Å². The van der Waals surface area contributed by atoms with Crippen molar-refractivity contribution < 1.29 is 18.7 Å². The zero-order chi connectivity index (χ0) is 21.1. The maximum atomic E-state index is 14.8. The first-order valence-electron chi connectivity index (χ1n) is 9.60. The van der Waals surface area contributed by atoms with Crippen molar-refractivity contribution in [2.24, 2.45) is 0 Å².